The number of halogens is 1. The lowest BCUT2D eigenvalue weighted by Crippen LogP contribution is -2.45. The highest BCUT2D eigenvalue weighted by Gasteiger charge is 2.29. The molecule has 2 unspecified atom stereocenters. The van der Waals surface area contributed by atoms with E-state index in [2.05, 4.69) is 48.2 Å². The summed E-state index contributed by atoms with van der Waals surface area (Å²) in [5, 5.41) is 0. The smallest absolute Gasteiger partial charge is 0.270 e. The molecule has 1 saturated heterocycles. The molecular formula is C15H23BrN2O. The van der Waals surface area contributed by atoms with Gasteiger partial charge >= 0.3 is 0 Å². The van der Waals surface area contributed by atoms with Crippen molar-refractivity contribution in [1.82, 2.24) is 9.47 Å². The summed E-state index contributed by atoms with van der Waals surface area (Å²) < 4.78 is 3.03. The third-order valence-electron chi connectivity index (χ3n) is 3.97. The van der Waals surface area contributed by atoms with E-state index in [0.29, 0.717) is 18.0 Å². The molecule has 0 spiro atoms. The molecule has 1 fully saturated rings. The maximum Gasteiger partial charge on any atom is 0.270 e. The van der Waals surface area contributed by atoms with Crippen LogP contribution in [0.2, 0.25) is 0 Å². The predicted octanol–water partition coefficient (Wildman–Crippen LogP) is 4.09. The Balaban J connectivity index is 2.28. The van der Waals surface area contributed by atoms with Crippen molar-refractivity contribution in [2.45, 2.75) is 52.6 Å². The molecule has 19 heavy (non-hydrogen) atoms. The average Bonchev–Trinajstić information content (AvgIpc) is 2.74. The van der Waals surface area contributed by atoms with Crippen molar-refractivity contribution in [3.63, 3.8) is 0 Å². The van der Waals surface area contributed by atoms with Crippen LogP contribution >= 0.6 is 15.9 Å². The molecule has 2 atom stereocenters. The fourth-order valence-corrected chi connectivity index (χ4v) is 3.20. The number of nitrogens with zero attached hydrogens (tertiary/aromatic N) is 2. The summed E-state index contributed by atoms with van der Waals surface area (Å²) in [5.41, 5.74) is 0.794. The zero-order valence-electron chi connectivity index (χ0n) is 12.2. The molecular weight excluding hydrogens is 304 g/mol. The number of carbonyl (C=O) groups excluding carboxylic acids is 1. The molecule has 0 aliphatic carbocycles. The predicted molar refractivity (Wildman–Crippen MR) is 81.4 cm³/mol. The van der Waals surface area contributed by atoms with Crippen molar-refractivity contribution in [2.24, 2.45) is 5.92 Å². The van der Waals surface area contributed by atoms with Crippen LogP contribution in [0.25, 0.3) is 0 Å². The van der Waals surface area contributed by atoms with E-state index in [9.17, 15) is 4.79 Å². The summed E-state index contributed by atoms with van der Waals surface area (Å²) >= 11 is 3.48. The zero-order valence-corrected chi connectivity index (χ0v) is 13.8. The maximum atomic E-state index is 12.8. The lowest BCUT2D eigenvalue weighted by molar-refractivity contribution is 0.0561. The Morgan fingerprint density at radius 3 is 2.68 bits per heavy atom. The number of piperidine rings is 1. The van der Waals surface area contributed by atoms with E-state index in [4.69, 9.17) is 0 Å². The van der Waals surface area contributed by atoms with Crippen molar-refractivity contribution in [3.05, 3.63) is 22.4 Å². The molecule has 2 heterocycles. The van der Waals surface area contributed by atoms with Crippen LogP contribution in [0.15, 0.2) is 16.7 Å². The second-order valence-corrected chi connectivity index (χ2v) is 6.95. The highest BCUT2D eigenvalue weighted by Crippen LogP contribution is 2.26. The van der Waals surface area contributed by atoms with Gasteiger partial charge in [-0.1, -0.05) is 6.92 Å². The molecule has 4 heteroatoms. The Labute approximate surface area is 124 Å². The van der Waals surface area contributed by atoms with Crippen molar-refractivity contribution >= 4 is 21.8 Å². The standard InChI is InChI=1S/C15H23BrN2O/c1-10(2)17-9-13(16)7-14(17)15(19)18-8-11(3)5-6-12(18)4/h7,9-12H,5-6,8H2,1-4H3. The third kappa shape index (κ3) is 3.04. The number of hydrogen-bond donors (Lipinski definition) is 0. The number of rotatable bonds is 2. The van der Waals surface area contributed by atoms with Crippen LogP contribution in [0.1, 0.15) is 57.1 Å². The van der Waals surface area contributed by atoms with E-state index in [0.717, 1.165) is 23.1 Å². The van der Waals surface area contributed by atoms with Crippen molar-refractivity contribution in [2.75, 3.05) is 6.54 Å². The van der Waals surface area contributed by atoms with E-state index >= 15 is 0 Å². The molecule has 1 amide bonds. The Hall–Kier alpha value is -0.770. The van der Waals surface area contributed by atoms with Gasteiger partial charge < -0.3 is 9.47 Å². The van der Waals surface area contributed by atoms with Gasteiger partial charge in [0.05, 0.1) is 0 Å². The van der Waals surface area contributed by atoms with Gasteiger partial charge in [0.2, 0.25) is 0 Å². The molecule has 0 radical (unpaired) electrons. The van der Waals surface area contributed by atoms with Gasteiger partial charge in [-0.3, -0.25) is 4.79 Å². The van der Waals surface area contributed by atoms with Crippen LogP contribution in [-0.4, -0.2) is 28.0 Å². The first-order valence-corrected chi connectivity index (χ1v) is 7.87. The molecule has 0 saturated carbocycles. The van der Waals surface area contributed by atoms with Gasteiger partial charge in [0, 0.05) is 29.3 Å². The SMILES string of the molecule is CC1CCC(C)N(C(=O)c2cc(Br)cn2C(C)C)C1. The lowest BCUT2D eigenvalue weighted by Gasteiger charge is -2.37. The maximum absolute atomic E-state index is 12.8. The zero-order chi connectivity index (χ0) is 14.2. The summed E-state index contributed by atoms with van der Waals surface area (Å²) in [4.78, 5) is 14.8. The van der Waals surface area contributed by atoms with Gasteiger partial charge in [0.15, 0.2) is 0 Å². The first-order valence-electron chi connectivity index (χ1n) is 7.08. The van der Waals surface area contributed by atoms with E-state index in [-0.39, 0.29) is 5.91 Å². The minimum atomic E-state index is 0.165. The summed E-state index contributed by atoms with van der Waals surface area (Å²) in [5.74, 6) is 0.768. The normalized spacial score (nSPS) is 24.0. The minimum Gasteiger partial charge on any atom is -0.340 e. The molecule has 1 aromatic rings. The Morgan fingerprint density at radius 2 is 2.05 bits per heavy atom. The molecule has 106 valence electrons. The Morgan fingerprint density at radius 1 is 1.37 bits per heavy atom. The van der Waals surface area contributed by atoms with Crippen LogP contribution < -0.4 is 0 Å². The summed E-state index contributed by atoms with van der Waals surface area (Å²) in [6.07, 6.45) is 4.33. The fourth-order valence-electron chi connectivity index (χ4n) is 2.76. The van der Waals surface area contributed by atoms with Gasteiger partial charge in [0.25, 0.3) is 5.91 Å². The van der Waals surface area contributed by atoms with E-state index in [1.165, 1.54) is 6.42 Å². The molecule has 1 aliphatic heterocycles. The molecule has 0 bridgehead atoms. The number of carbonyl (C=O) groups is 1. The molecule has 0 aromatic carbocycles. The number of aromatic nitrogens is 1. The van der Waals surface area contributed by atoms with E-state index in [1.807, 2.05) is 17.2 Å². The molecule has 0 N–H and O–H groups in total. The lowest BCUT2D eigenvalue weighted by atomic mass is 9.95. The van der Waals surface area contributed by atoms with Gasteiger partial charge in [0.1, 0.15) is 5.69 Å². The molecule has 1 aliphatic rings. The van der Waals surface area contributed by atoms with Crippen LogP contribution in [0.5, 0.6) is 0 Å². The molecule has 2 rings (SSSR count). The van der Waals surface area contributed by atoms with Crippen LogP contribution in [0, 0.1) is 5.92 Å². The topological polar surface area (TPSA) is 25.2 Å². The summed E-state index contributed by atoms with van der Waals surface area (Å²) in [6.45, 7) is 9.46. The number of likely N-dealkylation sites (tertiary alicyclic amines) is 1. The molecule has 3 nitrogen and oxygen atoms in total. The summed E-state index contributed by atoms with van der Waals surface area (Å²) in [7, 11) is 0. The van der Waals surface area contributed by atoms with Gasteiger partial charge in [-0.15, -0.1) is 0 Å². The quantitative estimate of drug-likeness (QED) is 0.803. The van der Waals surface area contributed by atoms with E-state index < -0.39 is 0 Å². The first-order chi connectivity index (χ1) is 8.90. The Bertz CT molecular complexity index is 467. The molecule has 1 aromatic heterocycles. The number of hydrogen-bond acceptors (Lipinski definition) is 1. The minimum absolute atomic E-state index is 0.165. The average molecular weight is 327 g/mol. The second kappa shape index (κ2) is 5.70. The van der Waals surface area contributed by atoms with Crippen molar-refractivity contribution < 1.29 is 4.79 Å². The Kier molecular flexibility index (Phi) is 4.39. The summed E-state index contributed by atoms with van der Waals surface area (Å²) in [6, 6.07) is 2.58. The van der Waals surface area contributed by atoms with Gasteiger partial charge in [-0.25, -0.2) is 0 Å². The van der Waals surface area contributed by atoms with Crippen molar-refractivity contribution in [1.29, 1.82) is 0 Å². The number of amides is 1. The monoisotopic (exact) mass is 326 g/mol. The second-order valence-electron chi connectivity index (χ2n) is 6.03. The first kappa shape index (κ1) is 14.6. The fraction of sp³-hybridized carbons (Fsp3) is 0.667. The highest BCUT2D eigenvalue weighted by molar-refractivity contribution is 9.10. The van der Waals surface area contributed by atoms with Crippen LogP contribution in [0.3, 0.4) is 0 Å². The largest absolute Gasteiger partial charge is 0.340 e. The van der Waals surface area contributed by atoms with Gasteiger partial charge in [-0.05, 0) is 61.5 Å². The van der Waals surface area contributed by atoms with Crippen LogP contribution in [0.4, 0.5) is 0 Å². The third-order valence-corrected chi connectivity index (χ3v) is 4.40. The van der Waals surface area contributed by atoms with Gasteiger partial charge in [-0.2, -0.15) is 0 Å². The highest BCUT2D eigenvalue weighted by atomic mass is 79.9. The van der Waals surface area contributed by atoms with E-state index in [1.54, 1.807) is 0 Å². The van der Waals surface area contributed by atoms with Crippen LogP contribution in [-0.2, 0) is 0 Å². The van der Waals surface area contributed by atoms with Crippen molar-refractivity contribution in [3.8, 4) is 0 Å².